The highest BCUT2D eigenvalue weighted by Crippen LogP contribution is 2.23. The van der Waals surface area contributed by atoms with E-state index in [1.54, 1.807) is 18.7 Å². The third kappa shape index (κ3) is 4.22. The fourth-order valence-electron chi connectivity index (χ4n) is 2.20. The maximum atomic E-state index is 11.8. The van der Waals surface area contributed by atoms with Gasteiger partial charge in [-0.15, -0.1) is 0 Å². The predicted octanol–water partition coefficient (Wildman–Crippen LogP) is 1.56. The highest BCUT2D eigenvalue weighted by molar-refractivity contribution is 5.78. The molecule has 116 valence electrons. The minimum absolute atomic E-state index is 0.0132. The molecule has 1 heterocycles. The molecule has 7 nitrogen and oxygen atoms in total. The molecule has 1 amide bonds. The Morgan fingerprint density at radius 2 is 2.00 bits per heavy atom. The van der Waals surface area contributed by atoms with E-state index in [1.807, 2.05) is 13.8 Å². The van der Waals surface area contributed by atoms with Crippen molar-refractivity contribution in [2.24, 2.45) is 0 Å². The highest BCUT2D eigenvalue weighted by Gasteiger charge is 2.18. The van der Waals surface area contributed by atoms with E-state index in [4.69, 9.17) is 0 Å². The normalized spacial score (nSPS) is 10.5. The lowest BCUT2D eigenvalue weighted by Crippen LogP contribution is -2.37. The number of nitro groups is 1. The Kier molecular flexibility index (Phi) is 6.23. The van der Waals surface area contributed by atoms with Crippen LogP contribution in [0, 0.1) is 24.0 Å². The van der Waals surface area contributed by atoms with Crippen LogP contribution in [0.2, 0.25) is 0 Å². The smallest absolute Gasteiger partial charge is 0.278 e. The van der Waals surface area contributed by atoms with E-state index in [-0.39, 0.29) is 18.1 Å². The van der Waals surface area contributed by atoms with Gasteiger partial charge in [-0.3, -0.25) is 19.9 Å². The first-order valence-electron chi connectivity index (χ1n) is 7.00. The van der Waals surface area contributed by atoms with Crippen molar-refractivity contribution >= 4 is 11.6 Å². The molecule has 0 saturated heterocycles. The number of pyridine rings is 1. The Labute approximate surface area is 124 Å². The van der Waals surface area contributed by atoms with Gasteiger partial charge >= 0.3 is 0 Å². The van der Waals surface area contributed by atoms with E-state index in [0.717, 1.165) is 0 Å². The van der Waals surface area contributed by atoms with Crippen LogP contribution in [0.25, 0.3) is 0 Å². The van der Waals surface area contributed by atoms with Crippen LogP contribution in [0.3, 0.4) is 0 Å². The maximum Gasteiger partial charge on any atom is 0.278 e. The number of aromatic nitrogens is 1. The zero-order valence-electron chi connectivity index (χ0n) is 13.0. The average molecular weight is 294 g/mol. The van der Waals surface area contributed by atoms with Gasteiger partial charge in [0.25, 0.3) is 5.69 Å². The number of nitrogens with zero attached hydrogens (tertiary/aromatic N) is 3. The van der Waals surface area contributed by atoms with Gasteiger partial charge in [-0.2, -0.15) is 0 Å². The number of likely N-dealkylation sites (N-methyl/N-ethyl adjacent to an activating group) is 1. The van der Waals surface area contributed by atoms with Crippen LogP contribution in [0.5, 0.6) is 0 Å². The Hall–Kier alpha value is -2.02. The van der Waals surface area contributed by atoms with Gasteiger partial charge in [-0.1, -0.05) is 0 Å². The molecular weight excluding hydrogens is 272 g/mol. The van der Waals surface area contributed by atoms with Gasteiger partial charge in [-0.25, -0.2) is 0 Å². The van der Waals surface area contributed by atoms with Gasteiger partial charge in [0, 0.05) is 37.0 Å². The molecule has 0 fully saturated rings. The lowest BCUT2D eigenvalue weighted by atomic mass is 10.1. The van der Waals surface area contributed by atoms with Gasteiger partial charge in [0.2, 0.25) is 5.91 Å². The van der Waals surface area contributed by atoms with Crippen molar-refractivity contribution in [2.75, 3.05) is 19.6 Å². The highest BCUT2D eigenvalue weighted by atomic mass is 16.6. The van der Waals surface area contributed by atoms with Crippen LogP contribution >= 0.6 is 0 Å². The van der Waals surface area contributed by atoms with Crippen molar-refractivity contribution in [2.45, 2.75) is 34.2 Å². The zero-order valence-corrected chi connectivity index (χ0v) is 13.0. The molecular formula is C14H22N4O3. The molecule has 1 rings (SSSR count). The third-order valence-corrected chi connectivity index (χ3v) is 3.44. The summed E-state index contributed by atoms with van der Waals surface area (Å²) >= 11 is 0. The number of carbonyl (C=O) groups is 1. The fourth-order valence-corrected chi connectivity index (χ4v) is 2.20. The van der Waals surface area contributed by atoms with E-state index in [2.05, 4.69) is 10.3 Å². The summed E-state index contributed by atoms with van der Waals surface area (Å²) in [5.74, 6) is 0.0132. The molecule has 0 aliphatic heterocycles. The summed E-state index contributed by atoms with van der Waals surface area (Å²) in [5, 5.41) is 14.0. The minimum atomic E-state index is -0.392. The first kappa shape index (κ1) is 17.0. The zero-order chi connectivity index (χ0) is 16.0. The molecule has 0 aliphatic carbocycles. The number of hydrogen-bond donors (Lipinski definition) is 1. The predicted molar refractivity (Wildman–Crippen MR) is 80.0 cm³/mol. The summed E-state index contributed by atoms with van der Waals surface area (Å²) in [7, 11) is 0. The number of hydrogen-bond acceptors (Lipinski definition) is 5. The summed E-state index contributed by atoms with van der Waals surface area (Å²) in [4.78, 5) is 28.4. The molecule has 7 heteroatoms. The summed E-state index contributed by atoms with van der Waals surface area (Å²) < 4.78 is 0. The number of carbonyl (C=O) groups excluding carboxylic acids is 1. The fraction of sp³-hybridized carbons (Fsp3) is 0.571. The average Bonchev–Trinajstić information content (AvgIpc) is 2.42. The summed E-state index contributed by atoms with van der Waals surface area (Å²) in [6, 6.07) is 0. The molecule has 0 aromatic carbocycles. The molecule has 21 heavy (non-hydrogen) atoms. The molecule has 0 spiro atoms. The first-order chi connectivity index (χ1) is 9.92. The van der Waals surface area contributed by atoms with Crippen LogP contribution in [0.1, 0.15) is 30.7 Å². The third-order valence-electron chi connectivity index (χ3n) is 3.44. The largest absolute Gasteiger partial charge is 0.342 e. The topological polar surface area (TPSA) is 88.4 Å². The molecule has 1 aromatic rings. The molecule has 0 atom stereocenters. The Bertz CT molecular complexity index is 527. The van der Waals surface area contributed by atoms with Crippen LogP contribution in [0.4, 0.5) is 5.69 Å². The Morgan fingerprint density at radius 1 is 1.38 bits per heavy atom. The quantitative estimate of drug-likeness (QED) is 0.609. The molecule has 0 unspecified atom stereocenters. The van der Waals surface area contributed by atoms with E-state index in [0.29, 0.717) is 36.5 Å². The minimum Gasteiger partial charge on any atom is -0.342 e. The standard InChI is InChI=1S/C14H22N4O3/c1-5-17(6-2)13(19)9-15-8-12-11(4)14(18(20)21)10(3)7-16-12/h7,15H,5-6,8-9H2,1-4H3. The monoisotopic (exact) mass is 294 g/mol. The van der Waals surface area contributed by atoms with Crippen molar-refractivity contribution < 1.29 is 9.72 Å². The van der Waals surface area contributed by atoms with Gasteiger partial charge in [0.05, 0.1) is 17.2 Å². The van der Waals surface area contributed by atoms with Crippen LogP contribution in [-0.2, 0) is 11.3 Å². The van der Waals surface area contributed by atoms with E-state index < -0.39 is 4.92 Å². The van der Waals surface area contributed by atoms with Gasteiger partial charge < -0.3 is 10.2 Å². The summed E-state index contributed by atoms with van der Waals surface area (Å²) in [6.45, 7) is 9.08. The van der Waals surface area contributed by atoms with Crippen molar-refractivity contribution in [3.8, 4) is 0 Å². The second kappa shape index (κ2) is 7.68. The SMILES string of the molecule is CCN(CC)C(=O)CNCc1ncc(C)c([N+](=O)[O-])c1C. The second-order valence-electron chi connectivity index (χ2n) is 4.79. The lowest BCUT2D eigenvalue weighted by molar-refractivity contribution is -0.386. The van der Waals surface area contributed by atoms with Crippen molar-refractivity contribution in [3.05, 3.63) is 33.1 Å². The second-order valence-corrected chi connectivity index (χ2v) is 4.79. The molecule has 1 N–H and O–H groups in total. The van der Waals surface area contributed by atoms with Crippen LogP contribution < -0.4 is 5.32 Å². The summed E-state index contributed by atoms with van der Waals surface area (Å²) in [6.07, 6.45) is 1.49. The van der Waals surface area contributed by atoms with Crippen molar-refractivity contribution in [3.63, 3.8) is 0 Å². The number of aryl methyl sites for hydroxylation is 1. The Morgan fingerprint density at radius 3 is 2.52 bits per heavy atom. The molecule has 0 bridgehead atoms. The van der Waals surface area contributed by atoms with Gasteiger partial charge in [0.1, 0.15) is 0 Å². The molecule has 0 saturated carbocycles. The lowest BCUT2D eigenvalue weighted by Gasteiger charge is -2.18. The summed E-state index contributed by atoms with van der Waals surface area (Å²) in [5.41, 5.74) is 1.78. The molecule has 0 radical (unpaired) electrons. The van der Waals surface area contributed by atoms with Crippen molar-refractivity contribution in [1.82, 2.24) is 15.2 Å². The van der Waals surface area contributed by atoms with Crippen molar-refractivity contribution in [1.29, 1.82) is 0 Å². The van der Waals surface area contributed by atoms with E-state index in [9.17, 15) is 14.9 Å². The number of rotatable bonds is 7. The number of amides is 1. The molecule has 0 aliphatic rings. The van der Waals surface area contributed by atoms with Gasteiger partial charge in [0.15, 0.2) is 0 Å². The van der Waals surface area contributed by atoms with E-state index >= 15 is 0 Å². The van der Waals surface area contributed by atoms with E-state index in [1.165, 1.54) is 6.20 Å². The van der Waals surface area contributed by atoms with Gasteiger partial charge in [-0.05, 0) is 27.7 Å². The molecule has 1 aromatic heterocycles. The maximum absolute atomic E-state index is 11.8. The van der Waals surface area contributed by atoms with Crippen LogP contribution in [-0.4, -0.2) is 40.3 Å². The Balaban J connectivity index is 2.71. The van der Waals surface area contributed by atoms with Crippen LogP contribution in [0.15, 0.2) is 6.20 Å². The number of nitrogens with one attached hydrogen (secondary N) is 1. The first-order valence-corrected chi connectivity index (χ1v) is 7.00.